The van der Waals surface area contributed by atoms with Gasteiger partial charge in [0.2, 0.25) is 0 Å². The van der Waals surface area contributed by atoms with E-state index in [9.17, 15) is 8.42 Å². The van der Waals surface area contributed by atoms with Crippen LogP contribution in [0.4, 0.5) is 0 Å². The fourth-order valence-corrected chi connectivity index (χ4v) is 2.86. The molecule has 6 heteroatoms. The second kappa shape index (κ2) is 7.85. The summed E-state index contributed by atoms with van der Waals surface area (Å²) in [7, 11) is -2.89. The Morgan fingerprint density at radius 2 is 1.95 bits per heavy atom. The van der Waals surface area contributed by atoms with Crippen molar-refractivity contribution in [1.82, 2.24) is 5.43 Å². The van der Waals surface area contributed by atoms with Gasteiger partial charge in [-0.25, -0.2) is 8.42 Å². The van der Waals surface area contributed by atoms with Crippen LogP contribution in [0.25, 0.3) is 0 Å². The summed E-state index contributed by atoms with van der Waals surface area (Å²) in [5.41, 5.74) is 3.87. The Kier molecular flexibility index (Phi) is 6.79. The number of rotatable bonds is 8. The van der Waals surface area contributed by atoms with Crippen LogP contribution in [0.15, 0.2) is 24.3 Å². The molecule has 0 saturated heterocycles. The molecule has 0 amide bonds. The fourth-order valence-electron chi connectivity index (χ4n) is 1.84. The number of hydrogen-bond acceptors (Lipinski definition) is 4. The van der Waals surface area contributed by atoms with Crippen LogP contribution in [-0.2, 0) is 16.3 Å². The lowest BCUT2D eigenvalue weighted by Crippen LogP contribution is -2.37. The molecule has 1 unspecified atom stereocenters. The third-order valence-corrected chi connectivity index (χ3v) is 5.12. The van der Waals surface area contributed by atoms with Gasteiger partial charge >= 0.3 is 0 Å². The van der Waals surface area contributed by atoms with Gasteiger partial charge in [0, 0.05) is 16.8 Å². The van der Waals surface area contributed by atoms with E-state index in [1.54, 1.807) is 6.92 Å². The van der Waals surface area contributed by atoms with Crippen molar-refractivity contribution in [3.8, 4) is 0 Å². The molecule has 0 bridgehead atoms. The van der Waals surface area contributed by atoms with Crippen molar-refractivity contribution in [1.29, 1.82) is 0 Å². The molecule has 1 aromatic rings. The van der Waals surface area contributed by atoms with Gasteiger partial charge in [-0.3, -0.25) is 11.3 Å². The largest absolute Gasteiger partial charge is 0.271 e. The van der Waals surface area contributed by atoms with E-state index in [2.05, 4.69) is 5.43 Å². The molecule has 1 aromatic carbocycles. The maximum Gasteiger partial charge on any atom is 0.150 e. The standard InChI is InChI=1S/C13H21ClN2O2S/c1-2-19(17,18)9-3-4-13(16-15)10-11-5-7-12(14)8-6-11/h5-8,13,16H,2-4,9-10,15H2,1H3. The molecule has 0 spiro atoms. The third-order valence-electron chi connectivity index (χ3n) is 3.08. The maximum absolute atomic E-state index is 11.4. The first-order chi connectivity index (χ1) is 8.96. The van der Waals surface area contributed by atoms with Gasteiger partial charge in [0.25, 0.3) is 0 Å². The highest BCUT2D eigenvalue weighted by Gasteiger charge is 2.11. The molecule has 1 rings (SSSR count). The Balaban J connectivity index is 2.44. The van der Waals surface area contributed by atoms with Crippen molar-refractivity contribution in [3.63, 3.8) is 0 Å². The number of hydrogen-bond donors (Lipinski definition) is 2. The van der Waals surface area contributed by atoms with Gasteiger partial charge in [-0.1, -0.05) is 30.7 Å². The number of hydrazine groups is 1. The Hall–Kier alpha value is -0.620. The molecule has 0 aliphatic carbocycles. The minimum absolute atomic E-state index is 0.0771. The number of halogens is 1. The zero-order chi connectivity index (χ0) is 14.3. The predicted molar refractivity (Wildman–Crippen MR) is 79.8 cm³/mol. The van der Waals surface area contributed by atoms with Crippen molar-refractivity contribution in [2.75, 3.05) is 11.5 Å². The molecule has 0 aliphatic rings. The van der Waals surface area contributed by atoms with Gasteiger partial charge in [-0.15, -0.1) is 0 Å². The van der Waals surface area contributed by atoms with E-state index in [-0.39, 0.29) is 17.5 Å². The molecule has 19 heavy (non-hydrogen) atoms. The topological polar surface area (TPSA) is 72.2 Å². The summed E-state index contributed by atoms with van der Waals surface area (Å²) >= 11 is 5.82. The number of sulfone groups is 1. The summed E-state index contributed by atoms with van der Waals surface area (Å²) in [5.74, 6) is 5.93. The second-order valence-electron chi connectivity index (χ2n) is 4.57. The summed E-state index contributed by atoms with van der Waals surface area (Å²) in [6.07, 6.45) is 2.12. The number of benzene rings is 1. The summed E-state index contributed by atoms with van der Waals surface area (Å²) in [6.45, 7) is 1.67. The van der Waals surface area contributed by atoms with E-state index in [0.29, 0.717) is 11.4 Å². The van der Waals surface area contributed by atoms with Gasteiger partial charge in [0.1, 0.15) is 9.84 Å². The van der Waals surface area contributed by atoms with Gasteiger partial charge in [-0.05, 0) is 37.0 Å². The van der Waals surface area contributed by atoms with Crippen molar-refractivity contribution in [2.45, 2.75) is 32.2 Å². The molecule has 4 nitrogen and oxygen atoms in total. The van der Waals surface area contributed by atoms with E-state index in [0.717, 1.165) is 18.4 Å². The molecule has 3 N–H and O–H groups in total. The van der Waals surface area contributed by atoms with E-state index >= 15 is 0 Å². The highest BCUT2D eigenvalue weighted by molar-refractivity contribution is 7.91. The SMILES string of the molecule is CCS(=O)(=O)CCCC(Cc1ccc(Cl)cc1)NN. The zero-order valence-electron chi connectivity index (χ0n) is 11.1. The lowest BCUT2D eigenvalue weighted by Gasteiger charge is -2.15. The maximum atomic E-state index is 11.4. The molecule has 108 valence electrons. The van der Waals surface area contributed by atoms with Crippen molar-refractivity contribution < 1.29 is 8.42 Å². The predicted octanol–water partition coefficient (Wildman–Crippen LogP) is 1.93. The van der Waals surface area contributed by atoms with Crippen LogP contribution in [0.3, 0.4) is 0 Å². The lowest BCUT2D eigenvalue weighted by atomic mass is 10.0. The average molecular weight is 305 g/mol. The van der Waals surface area contributed by atoms with Crippen molar-refractivity contribution in [2.24, 2.45) is 5.84 Å². The van der Waals surface area contributed by atoms with Gasteiger partial charge in [0.15, 0.2) is 0 Å². The van der Waals surface area contributed by atoms with E-state index < -0.39 is 9.84 Å². The minimum Gasteiger partial charge on any atom is -0.271 e. The Bertz CT molecular complexity index is 474. The molecular formula is C13H21ClN2O2S. The summed E-state index contributed by atoms with van der Waals surface area (Å²) in [6, 6.07) is 7.66. The second-order valence-corrected chi connectivity index (χ2v) is 7.48. The molecule has 0 aromatic heterocycles. The Labute approximate surface area is 120 Å². The highest BCUT2D eigenvalue weighted by atomic mass is 35.5. The van der Waals surface area contributed by atoms with E-state index in [1.807, 2.05) is 24.3 Å². The number of nitrogens with one attached hydrogen (secondary N) is 1. The summed E-state index contributed by atoms with van der Waals surface area (Å²) in [5, 5.41) is 0.704. The lowest BCUT2D eigenvalue weighted by molar-refractivity contribution is 0.484. The Morgan fingerprint density at radius 1 is 1.32 bits per heavy atom. The molecule has 0 saturated carbocycles. The first-order valence-corrected chi connectivity index (χ1v) is 8.57. The van der Waals surface area contributed by atoms with Crippen LogP contribution in [0, 0.1) is 0 Å². The van der Waals surface area contributed by atoms with Crippen LogP contribution < -0.4 is 11.3 Å². The highest BCUT2D eigenvalue weighted by Crippen LogP contribution is 2.13. The van der Waals surface area contributed by atoms with Crippen LogP contribution in [0.1, 0.15) is 25.3 Å². The zero-order valence-corrected chi connectivity index (χ0v) is 12.7. The molecule has 0 fully saturated rings. The molecule has 0 radical (unpaired) electrons. The first-order valence-electron chi connectivity index (χ1n) is 6.38. The van der Waals surface area contributed by atoms with Crippen LogP contribution >= 0.6 is 11.6 Å². The van der Waals surface area contributed by atoms with Crippen LogP contribution in [0.5, 0.6) is 0 Å². The number of nitrogens with two attached hydrogens (primary N) is 1. The van der Waals surface area contributed by atoms with Crippen LogP contribution in [0.2, 0.25) is 5.02 Å². The quantitative estimate of drug-likeness (QED) is 0.568. The average Bonchev–Trinajstić information content (AvgIpc) is 2.40. The fraction of sp³-hybridized carbons (Fsp3) is 0.538. The van der Waals surface area contributed by atoms with Crippen LogP contribution in [-0.4, -0.2) is 26.0 Å². The van der Waals surface area contributed by atoms with Gasteiger partial charge in [0.05, 0.1) is 5.75 Å². The summed E-state index contributed by atoms with van der Waals surface area (Å²) < 4.78 is 22.8. The molecule has 0 heterocycles. The summed E-state index contributed by atoms with van der Waals surface area (Å²) in [4.78, 5) is 0. The van der Waals surface area contributed by atoms with E-state index in [4.69, 9.17) is 17.4 Å². The smallest absolute Gasteiger partial charge is 0.150 e. The van der Waals surface area contributed by atoms with Gasteiger partial charge < -0.3 is 0 Å². The monoisotopic (exact) mass is 304 g/mol. The molecule has 1 atom stereocenters. The normalized spacial score (nSPS) is 13.4. The van der Waals surface area contributed by atoms with E-state index in [1.165, 1.54) is 0 Å². The molecular weight excluding hydrogens is 284 g/mol. The van der Waals surface area contributed by atoms with Gasteiger partial charge in [-0.2, -0.15) is 0 Å². The van der Waals surface area contributed by atoms with Crippen molar-refractivity contribution >= 4 is 21.4 Å². The minimum atomic E-state index is -2.89. The Morgan fingerprint density at radius 3 is 2.47 bits per heavy atom. The first kappa shape index (κ1) is 16.4. The third kappa shape index (κ3) is 6.38. The molecule has 0 aliphatic heterocycles. The van der Waals surface area contributed by atoms with Crippen molar-refractivity contribution in [3.05, 3.63) is 34.9 Å².